The summed E-state index contributed by atoms with van der Waals surface area (Å²) in [5.41, 5.74) is 3.31. The molecule has 1 aliphatic heterocycles. The molecule has 0 aromatic heterocycles. The van der Waals surface area contributed by atoms with E-state index < -0.39 is 8.32 Å². The predicted octanol–water partition coefficient (Wildman–Crippen LogP) is 6.99. The summed E-state index contributed by atoms with van der Waals surface area (Å²) in [5, 5.41) is 9.36. The lowest BCUT2D eigenvalue weighted by Crippen LogP contribution is -2.47. The van der Waals surface area contributed by atoms with Gasteiger partial charge in [0.2, 0.25) is 0 Å². The Kier molecular flexibility index (Phi) is 5.46. The van der Waals surface area contributed by atoms with E-state index in [0.29, 0.717) is 0 Å². The minimum Gasteiger partial charge on any atom is -0.408 e. The molecule has 0 amide bonds. The van der Waals surface area contributed by atoms with Crippen molar-refractivity contribution in [1.82, 2.24) is 0 Å². The van der Waals surface area contributed by atoms with Gasteiger partial charge in [0.1, 0.15) is 0 Å². The molecular weight excluding hydrogens is 324 g/mol. The van der Waals surface area contributed by atoms with Gasteiger partial charge in [-0.2, -0.15) is 10.2 Å². The van der Waals surface area contributed by atoms with Gasteiger partial charge in [0.05, 0.1) is 17.8 Å². The monoisotopic (exact) mass is 358 g/mol. The molecule has 2 rings (SSSR count). The van der Waals surface area contributed by atoms with Crippen LogP contribution in [0.5, 0.6) is 0 Å². The number of hydrogen-bond donors (Lipinski definition) is 0. The molecule has 4 heteroatoms. The molecule has 0 unspecified atom stereocenters. The van der Waals surface area contributed by atoms with E-state index in [4.69, 9.17) is 4.43 Å². The van der Waals surface area contributed by atoms with Crippen LogP contribution in [0.4, 0.5) is 0 Å². The lowest BCUT2D eigenvalue weighted by molar-refractivity contribution is 0.102. The van der Waals surface area contributed by atoms with Crippen LogP contribution in [-0.2, 0) is 4.43 Å². The van der Waals surface area contributed by atoms with Gasteiger partial charge in [0.25, 0.3) is 0 Å². The maximum Gasteiger partial charge on any atom is 0.193 e. The maximum atomic E-state index is 6.83. The average Bonchev–Trinajstić information content (AvgIpc) is 2.62. The van der Waals surface area contributed by atoms with E-state index in [2.05, 4.69) is 102 Å². The maximum absolute atomic E-state index is 6.83. The molecule has 0 N–H and O–H groups in total. The van der Waals surface area contributed by atoms with Crippen LogP contribution in [0.2, 0.25) is 18.1 Å². The van der Waals surface area contributed by atoms with Crippen molar-refractivity contribution < 1.29 is 4.43 Å². The minimum absolute atomic E-state index is 0.0527. The lowest BCUT2D eigenvalue weighted by atomic mass is 9.86. The van der Waals surface area contributed by atoms with Crippen LogP contribution in [0.25, 0.3) is 6.08 Å². The first-order valence-corrected chi connectivity index (χ1v) is 12.1. The first kappa shape index (κ1) is 20.1. The summed E-state index contributed by atoms with van der Waals surface area (Å²) in [4.78, 5) is 0. The molecule has 1 heterocycles. The molecule has 138 valence electrons. The molecule has 3 nitrogen and oxygen atoms in total. The molecule has 2 atom stereocenters. The fourth-order valence-corrected chi connectivity index (χ4v) is 4.12. The smallest absolute Gasteiger partial charge is 0.193 e. The second kappa shape index (κ2) is 6.80. The summed E-state index contributed by atoms with van der Waals surface area (Å²) in [5.74, 6) is 0. The zero-order valence-electron chi connectivity index (χ0n) is 17.3. The minimum atomic E-state index is -1.93. The molecule has 0 aliphatic carbocycles. The van der Waals surface area contributed by atoms with E-state index in [0.717, 1.165) is 5.70 Å². The molecule has 0 bridgehead atoms. The molecular formula is C21H34N2OSi. The van der Waals surface area contributed by atoms with Crippen molar-refractivity contribution >= 4 is 14.4 Å². The number of azo groups is 1. The Morgan fingerprint density at radius 1 is 1.04 bits per heavy atom. The summed E-state index contributed by atoms with van der Waals surface area (Å²) in [6, 6.07) is 8.49. The average molecular weight is 359 g/mol. The Balaban J connectivity index is 2.50. The number of fused-ring (bicyclic) bond motifs is 1. The molecule has 0 fully saturated rings. The third-order valence-corrected chi connectivity index (χ3v) is 9.81. The summed E-state index contributed by atoms with van der Waals surface area (Å²) in [6.07, 6.45) is 2.10. The van der Waals surface area contributed by atoms with Gasteiger partial charge in [-0.3, -0.25) is 0 Å². The van der Waals surface area contributed by atoms with Crippen molar-refractivity contribution in [2.24, 2.45) is 15.6 Å². The Labute approximate surface area is 154 Å². The Hall–Kier alpha value is -1.26. The SMILES string of the molecule is C[C@H]1N=NC([C@H](O[Si](C)(C)C(C)(C)C)C(C)(C)C)=Cc2ccccc21. The molecule has 25 heavy (non-hydrogen) atoms. The molecule has 0 saturated carbocycles. The largest absolute Gasteiger partial charge is 0.408 e. The van der Waals surface area contributed by atoms with Crippen molar-refractivity contribution in [3.05, 3.63) is 41.1 Å². The van der Waals surface area contributed by atoms with Crippen LogP contribution in [-0.4, -0.2) is 14.4 Å². The fourth-order valence-electron chi connectivity index (χ4n) is 2.71. The van der Waals surface area contributed by atoms with Gasteiger partial charge in [0.15, 0.2) is 8.32 Å². The Morgan fingerprint density at radius 2 is 1.64 bits per heavy atom. The quantitative estimate of drug-likeness (QED) is 0.536. The van der Waals surface area contributed by atoms with Crippen LogP contribution in [0.3, 0.4) is 0 Å². The predicted molar refractivity (Wildman–Crippen MR) is 109 cm³/mol. The van der Waals surface area contributed by atoms with E-state index >= 15 is 0 Å². The van der Waals surface area contributed by atoms with Crippen LogP contribution < -0.4 is 0 Å². The molecule has 0 saturated heterocycles. The number of rotatable bonds is 3. The Morgan fingerprint density at radius 3 is 2.20 bits per heavy atom. The zero-order valence-corrected chi connectivity index (χ0v) is 18.3. The van der Waals surface area contributed by atoms with Crippen molar-refractivity contribution in [3.8, 4) is 0 Å². The highest BCUT2D eigenvalue weighted by Crippen LogP contribution is 2.42. The summed E-state index contributed by atoms with van der Waals surface area (Å²) < 4.78 is 6.83. The highest BCUT2D eigenvalue weighted by molar-refractivity contribution is 6.74. The van der Waals surface area contributed by atoms with Crippen LogP contribution in [0, 0.1) is 5.41 Å². The van der Waals surface area contributed by atoms with Gasteiger partial charge in [-0.15, -0.1) is 0 Å². The van der Waals surface area contributed by atoms with Crippen LogP contribution in [0.1, 0.15) is 65.6 Å². The number of benzene rings is 1. The van der Waals surface area contributed by atoms with Crippen LogP contribution >= 0.6 is 0 Å². The van der Waals surface area contributed by atoms with E-state index in [1.807, 2.05) is 0 Å². The summed E-state index contributed by atoms with van der Waals surface area (Å²) >= 11 is 0. The topological polar surface area (TPSA) is 34.0 Å². The summed E-state index contributed by atoms with van der Waals surface area (Å²) in [6.45, 7) is 20.2. The van der Waals surface area contributed by atoms with E-state index in [1.54, 1.807) is 0 Å². The highest BCUT2D eigenvalue weighted by Gasteiger charge is 2.43. The van der Waals surface area contributed by atoms with E-state index in [1.165, 1.54) is 11.1 Å². The van der Waals surface area contributed by atoms with Gasteiger partial charge in [-0.1, -0.05) is 65.8 Å². The number of nitrogens with zero attached hydrogens (tertiary/aromatic N) is 2. The van der Waals surface area contributed by atoms with E-state index in [9.17, 15) is 0 Å². The summed E-state index contributed by atoms with van der Waals surface area (Å²) in [7, 11) is -1.93. The number of hydrogen-bond acceptors (Lipinski definition) is 3. The second-order valence-electron chi connectivity index (χ2n) is 9.71. The molecule has 1 aliphatic rings. The first-order chi connectivity index (χ1) is 11.3. The van der Waals surface area contributed by atoms with Crippen LogP contribution in [0.15, 0.2) is 40.2 Å². The van der Waals surface area contributed by atoms with Crippen molar-refractivity contribution in [3.63, 3.8) is 0 Å². The molecule has 1 aromatic carbocycles. The van der Waals surface area contributed by atoms with Gasteiger partial charge < -0.3 is 4.43 Å². The molecule has 0 radical (unpaired) electrons. The first-order valence-electron chi connectivity index (χ1n) is 9.22. The third-order valence-electron chi connectivity index (χ3n) is 5.37. The lowest BCUT2D eigenvalue weighted by Gasteiger charge is -2.43. The van der Waals surface area contributed by atoms with Gasteiger partial charge in [-0.25, -0.2) is 0 Å². The fraction of sp³-hybridized carbons (Fsp3) is 0.619. The van der Waals surface area contributed by atoms with Crippen molar-refractivity contribution in [2.45, 2.75) is 78.7 Å². The highest BCUT2D eigenvalue weighted by atomic mass is 28.4. The van der Waals surface area contributed by atoms with E-state index in [-0.39, 0.29) is 22.6 Å². The van der Waals surface area contributed by atoms with Gasteiger partial charge >= 0.3 is 0 Å². The second-order valence-corrected chi connectivity index (χ2v) is 14.5. The zero-order chi connectivity index (χ0) is 19.0. The third kappa shape index (κ3) is 4.48. The van der Waals surface area contributed by atoms with Crippen molar-refractivity contribution in [1.29, 1.82) is 0 Å². The molecule has 1 aromatic rings. The van der Waals surface area contributed by atoms with Crippen molar-refractivity contribution in [2.75, 3.05) is 0 Å². The Bertz CT molecular complexity index is 678. The van der Waals surface area contributed by atoms with Gasteiger partial charge in [-0.05, 0) is 47.7 Å². The normalized spacial score (nSPS) is 19.9. The molecule has 0 spiro atoms. The van der Waals surface area contributed by atoms with Gasteiger partial charge in [0, 0.05) is 0 Å². The standard InChI is InChI=1S/C21H34N2OSi/c1-15-17-13-11-10-12-16(17)14-18(23-22-15)19(20(2,3)4)24-25(8,9)21(5,6)7/h10-15,19H,1-9H3/t15-,19+/m1/s1.